The quantitative estimate of drug-likeness (QED) is 0.726. The van der Waals surface area contributed by atoms with Gasteiger partial charge in [0.1, 0.15) is 0 Å². The van der Waals surface area contributed by atoms with E-state index < -0.39 is 0 Å². The van der Waals surface area contributed by atoms with Crippen LogP contribution in [0.15, 0.2) is 48.8 Å². The van der Waals surface area contributed by atoms with Gasteiger partial charge < -0.3 is 10.1 Å². The van der Waals surface area contributed by atoms with Crippen molar-refractivity contribution in [3.63, 3.8) is 0 Å². The summed E-state index contributed by atoms with van der Waals surface area (Å²) in [6, 6.07) is 10.8. The first-order chi connectivity index (χ1) is 12.5. The maximum Gasteiger partial charge on any atom is 0.259 e. The predicted octanol–water partition coefficient (Wildman–Crippen LogP) is 4.31. The number of pyridine rings is 1. The molecule has 0 unspecified atom stereocenters. The number of ether oxygens (including phenoxy) is 1. The second-order valence-electron chi connectivity index (χ2n) is 6.03. The molecule has 6 nitrogen and oxygen atoms in total. The van der Waals surface area contributed by atoms with Crippen LogP contribution in [0.5, 0.6) is 5.88 Å². The Kier molecular flexibility index (Phi) is 5.23. The number of halogens is 1. The van der Waals surface area contributed by atoms with E-state index in [2.05, 4.69) is 15.4 Å². The van der Waals surface area contributed by atoms with Crippen LogP contribution in [-0.2, 0) is 0 Å². The number of nitrogens with one attached hydrogen (secondary N) is 1. The molecule has 1 amide bonds. The van der Waals surface area contributed by atoms with Crippen molar-refractivity contribution < 1.29 is 9.53 Å². The zero-order valence-corrected chi connectivity index (χ0v) is 15.5. The monoisotopic (exact) mass is 370 g/mol. The van der Waals surface area contributed by atoms with Gasteiger partial charge in [-0.05, 0) is 30.2 Å². The Labute approximate surface area is 156 Å². The Morgan fingerprint density at radius 2 is 2.04 bits per heavy atom. The van der Waals surface area contributed by atoms with Crippen LogP contribution in [0, 0.1) is 0 Å². The van der Waals surface area contributed by atoms with Crippen molar-refractivity contribution in [3.8, 4) is 11.6 Å². The van der Waals surface area contributed by atoms with Crippen LogP contribution in [0.1, 0.15) is 35.8 Å². The van der Waals surface area contributed by atoms with E-state index in [1.54, 1.807) is 42.4 Å². The lowest BCUT2D eigenvalue weighted by Crippen LogP contribution is -2.15. The van der Waals surface area contributed by atoms with Crippen molar-refractivity contribution in [1.82, 2.24) is 14.8 Å². The molecule has 2 aromatic heterocycles. The highest BCUT2D eigenvalue weighted by atomic mass is 35.5. The molecular weight excluding hydrogens is 352 g/mol. The molecule has 0 bridgehead atoms. The third-order valence-electron chi connectivity index (χ3n) is 3.85. The van der Waals surface area contributed by atoms with E-state index in [0.717, 1.165) is 11.4 Å². The normalized spacial score (nSPS) is 10.8. The molecule has 0 aliphatic heterocycles. The highest BCUT2D eigenvalue weighted by Crippen LogP contribution is 2.25. The van der Waals surface area contributed by atoms with Gasteiger partial charge in [-0.25, -0.2) is 9.67 Å². The number of hydrogen-bond donors (Lipinski definition) is 1. The van der Waals surface area contributed by atoms with Crippen molar-refractivity contribution in [2.75, 3.05) is 12.4 Å². The summed E-state index contributed by atoms with van der Waals surface area (Å²) in [6.45, 7) is 4.04. The summed E-state index contributed by atoms with van der Waals surface area (Å²) in [5.74, 6) is 0.333. The minimum absolute atomic E-state index is 0.0891. The van der Waals surface area contributed by atoms with Gasteiger partial charge >= 0.3 is 0 Å². The molecule has 26 heavy (non-hydrogen) atoms. The molecule has 2 heterocycles. The molecule has 134 valence electrons. The third-order valence-corrected chi connectivity index (χ3v) is 4.09. The molecular formula is C19H19ClN4O2. The van der Waals surface area contributed by atoms with Gasteiger partial charge in [-0.1, -0.05) is 31.5 Å². The topological polar surface area (TPSA) is 69.0 Å². The maximum atomic E-state index is 12.8. The van der Waals surface area contributed by atoms with Crippen molar-refractivity contribution in [2.45, 2.75) is 19.8 Å². The summed E-state index contributed by atoms with van der Waals surface area (Å²) in [7, 11) is 1.54. The molecule has 0 saturated heterocycles. The molecule has 0 saturated carbocycles. The smallest absolute Gasteiger partial charge is 0.259 e. The van der Waals surface area contributed by atoms with Crippen LogP contribution in [0.25, 0.3) is 5.69 Å². The summed E-state index contributed by atoms with van der Waals surface area (Å²) in [4.78, 5) is 16.8. The van der Waals surface area contributed by atoms with Gasteiger partial charge in [-0.2, -0.15) is 5.10 Å². The van der Waals surface area contributed by atoms with E-state index >= 15 is 0 Å². The number of amides is 1. The summed E-state index contributed by atoms with van der Waals surface area (Å²) in [5, 5.41) is 7.86. The van der Waals surface area contributed by atoms with Crippen molar-refractivity contribution in [3.05, 3.63) is 65.1 Å². The molecule has 1 N–H and O–H groups in total. The molecule has 3 aromatic rings. The molecule has 7 heteroatoms. The molecule has 0 aliphatic rings. The van der Waals surface area contributed by atoms with Crippen molar-refractivity contribution in [2.24, 2.45) is 0 Å². The fraction of sp³-hybridized carbons (Fsp3) is 0.211. The predicted molar refractivity (Wildman–Crippen MR) is 101 cm³/mol. The maximum absolute atomic E-state index is 12.8. The summed E-state index contributed by atoms with van der Waals surface area (Å²) < 4.78 is 6.77. The Balaban J connectivity index is 1.93. The van der Waals surface area contributed by atoms with Crippen LogP contribution in [0.3, 0.4) is 0 Å². The molecule has 0 aliphatic carbocycles. The van der Waals surface area contributed by atoms with E-state index in [9.17, 15) is 4.79 Å². The fourth-order valence-corrected chi connectivity index (χ4v) is 2.86. The van der Waals surface area contributed by atoms with E-state index in [0.29, 0.717) is 22.2 Å². The molecule has 0 spiro atoms. The Bertz CT molecular complexity index is 920. The summed E-state index contributed by atoms with van der Waals surface area (Å²) in [6.07, 6.45) is 3.12. The van der Waals surface area contributed by atoms with Gasteiger partial charge in [0, 0.05) is 11.1 Å². The molecule has 0 radical (unpaired) electrons. The van der Waals surface area contributed by atoms with Crippen LogP contribution in [0.2, 0.25) is 5.02 Å². The standard InChI is InChI=1S/C19H19ClN4O2/c1-12(2)18-16(11-22-24(18)15-6-4-5-13(20)9-15)19(25)23-14-7-8-17(26-3)21-10-14/h4-12H,1-3H3,(H,23,25). The van der Waals surface area contributed by atoms with Gasteiger partial charge in [0.2, 0.25) is 5.88 Å². The van der Waals surface area contributed by atoms with Gasteiger partial charge in [0.15, 0.2) is 0 Å². The number of rotatable bonds is 5. The minimum Gasteiger partial charge on any atom is -0.481 e. The second kappa shape index (κ2) is 7.58. The molecule has 0 atom stereocenters. The number of hydrogen-bond acceptors (Lipinski definition) is 4. The summed E-state index contributed by atoms with van der Waals surface area (Å²) in [5.41, 5.74) is 2.72. The highest BCUT2D eigenvalue weighted by Gasteiger charge is 2.21. The number of aromatic nitrogens is 3. The van der Waals surface area contributed by atoms with Crippen LogP contribution in [0.4, 0.5) is 5.69 Å². The first-order valence-electron chi connectivity index (χ1n) is 8.15. The lowest BCUT2D eigenvalue weighted by Gasteiger charge is -2.13. The van der Waals surface area contributed by atoms with Gasteiger partial charge in [-0.3, -0.25) is 4.79 Å². The van der Waals surface area contributed by atoms with Gasteiger partial charge in [-0.15, -0.1) is 0 Å². The average Bonchev–Trinajstić information content (AvgIpc) is 3.08. The SMILES string of the molecule is COc1ccc(NC(=O)c2cnn(-c3cccc(Cl)c3)c2C(C)C)cn1. The van der Waals surface area contributed by atoms with Gasteiger partial charge in [0.05, 0.1) is 42.1 Å². The first kappa shape index (κ1) is 17.9. The zero-order chi connectivity index (χ0) is 18.7. The number of carbonyl (C=O) groups is 1. The highest BCUT2D eigenvalue weighted by molar-refractivity contribution is 6.30. The summed E-state index contributed by atoms with van der Waals surface area (Å²) >= 11 is 6.09. The largest absolute Gasteiger partial charge is 0.481 e. The van der Waals surface area contributed by atoms with E-state index in [1.165, 1.54) is 0 Å². The van der Waals surface area contributed by atoms with E-state index in [-0.39, 0.29) is 11.8 Å². The number of benzene rings is 1. The zero-order valence-electron chi connectivity index (χ0n) is 14.7. The Morgan fingerprint density at radius 3 is 2.65 bits per heavy atom. The van der Waals surface area contributed by atoms with Crippen molar-refractivity contribution in [1.29, 1.82) is 0 Å². The van der Waals surface area contributed by atoms with Gasteiger partial charge in [0.25, 0.3) is 5.91 Å². The molecule has 3 rings (SSSR count). The van der Waals surface area contributed by atoms with Crippen LogP contribution in [-0.4, -0.2) is 27.8 Å². The fourth-order valence-electron chi connectivity index (χ4n) is 2.68. The number of nitrogens with zero attached hydrogens (tertiary/aromatic N) is 3. The third kappa shape index (κ3) is 3.70. The van der Waals surface area contributed by atoms with E-state index in [4.69, 9.17) is 16.3 Å². The lowest BCUT2D eigenvalue weighted by atomic mass is 10.0. The van der Waals surface area contributed by atoms with Crippen molar-refractivity contribution >= 4 is 23.2 Å². The molecule has 1 aromatic carbocycles. The number of methoxy groups -OCH3 is 1. The molecule has 0 fully saturated rings. The lowest BCUT2D eigenvalue weighted by molar-refractivity contribution is 0.102. The Hall–Kier alpha value is -2.86. The number of carbonyl (C=O) groups excluding carboxylic acids is 1. The Morgan fingerprint density at radius 1 is 1.23 bits per heavy atom. The van der Waals surface area contributed by atoms with E-state index in [1.807, 2.05) is 32.0 Å². The number of anilines is 1. The van der Waals surface area contributed by atoms with Crippen LogP contribution < -0.4 is 10.1 Å². The van der Waals surface area contributed by atoms with Crippen LogP contribution >= 0.6 is 11.6 Å². The average molecular weight is 371 g/mol. The second-order valence-corrected chi connectivity index (χ2v) is 6.47. The minimum atomic E-state index is -0.242. The first-order valence-corrected chi connectivity index (χ1v) is 8.52.